The molecule has 8 N–H and O–H groups in total. The van der Waals surface area contributed by atoms with Gasteiger partial charge in [-0.3, -0.25) is 9.59 Å². The van der Waals surface area contributed by atoms with Crippen LogP contribution in [0.3, 0.4) is 0 Å². The first kappa shape index (κ1) is 25.3. The molecule has 0 saturated carbocycles. The van der Waals surface area contributed by atoms with E-state index in [0.29, 0.717) is 0 Å². The second-order valence-corrected chi connectivity index (χ2v) is 2.74. The van der Waals surface area contributed by atoms with Crippen molar-refractivity contribution in [3.8, 4) is 0 Å². The van der Waals surface area contributed by atoms with Gasteiger partial charge in [-0.25, -0.2) is 0 Å². The van der Waals surface area contributed by atoms with Crippen molar-refractivity contribution in [3.05, 3.63) is 21.6 Å². The summed E-state index contributed by atoms with van der Waals surface area (Å²) < 4.78 is 0. The monoisotopic (exact) mass is 400 g/mol. The average Bonchev–Trinajstić information content (AvgIpc) is 2.08. The normalized spacial score (nSPS) is 14.4. The minimum Gasteiger partial charge on any atom is -0.503 e. The summed E-state index contributed by atoms with van der Waals surface area (Å²) in [4.78, 5) is 21.6. The van der Waals surface area contributed by atoms with Gasteiger partial charge in [-0.15, -0.1) is 0 Å². The molecule has 0 spiro atoms. The number of hydrogen-bond acceptors (Lipinski definition) is 4. The van der Waals surface area contributed by atoms with Crippen molar-refractivity contribution in [1.29, 1.82) is 0 Å². The molecule has 0 aromatic heterocycles. The summed E-state index contributed by atoms with van der Waals surface area (Å²) >= 11 is 10.4. The molecule has 0 aromatic rings. The first-order valence-electron chi connectivity index (χ1n) is 2.73. The molecule has 0 fully saturated rings. The minimum atomic E-state index is -1.06. The van der Waals surface area contributed by atoms with Gasteiger partial charge < -0.3 is 26.6 Å². The van der Waals surface area contributed by atoms with Gasteiger partial charge in [0.2, 0.25) is 11.6 Å². The third kappa shape index (κ3) is 4.37. The van der Waals surface area contributed by atoms with E-state index in [-0.39, 0.29) is 65.3 Å². The fourth-order valence-electron chi connectivity index (χ4n) is 0.622. The number of Topliss-reactive ketones (excluding diaryl/α,β-unsaturated/α-hetero) is 2. The molecule has 0 amide bonds. The third-order valence-corrected chi connectivity index (χ3v) is 1.95. The van der Waals surface area contributed by atoms with Crippen LogP contribution in [0.1, 0.15) is 0 Å². The zero-order valence-corrected chi connectivity index (χ0v) is 13.6. The molecule has 0 radical (unpaired) electrons. The molecule has 1 aliphatic carbocycles. The predicted molar refractivity (Wildman–Crippen MR) is 57.6 cm³/mol. The summed E-state index contributed by atoms with van der Waals surface area (Å²) in [5.41, 5.74) is 0. The van der Waals surface area contributed by atoms with Gasteiger partial charge in [-0.05, 0) is 0 Å². The predicted octanol–water partition coefficient (Wildman–Crippen LogP) is -1.70. The number of allylic oxidation sites excluding steroid dienone is 2. The molecule has 0 bridgehead atoms. The van der Waals surface area contributed by atoms with Crippen LogP contribution >= 0.6 is 23.2 Å². The van der Waals surface area contributed by atoms with Crippen molar-refractivity contribution in [2.75, 3.05) is 0 Å². The van der Waals surface area contributed by atoms with E-state index in [0.717, 1.165) is 0 Å². The third-order valence-electron chi connectivity index (χ3n) is 1.24. The second-order valence-electron chi connectivity index (χ2n) is 1.98. The number of halogens is 2. The molecule has 10 heteroatoms. The van der Waals surface area contributed by atoms with Gasteiger partial charge in [0.1, 0.15) is 10.1 Å². The van der Waals surface area contributed by atoms with Crippen molar-refractivity contribution in [1.82, 2.24) is 0 Å². The fraction of sp³-hybridized carbons (Fsp3) is 0. The summed E-state index contributed by atoms with van der Waals surface area (Å²) in [5.74, 6) is -3.99. The molecule has 0 aliphatic heterocycles. The molecule has 1 rings (SSSR count). The molecule has 16 heavy (non-hydrogen) atoms. The van der Waals surface area contributed by atoms with Gasteiger partial charge in [0.25, 0.3) is 0 Å². The summed E-state index contributed by atoms with van der Waals surface area (Å²) in [6, 6.07) is 0. The van der Waals surface area contributed by atoms with Crippen LogP contribution in [-0.2, 0) is 9.59 Å². The van der Waals surface area contributed by atoms with Crippen LogP contribution < -0.4 is 0 Å². The van der Waals surface area contributed by atoms with Crippen LogP contribution in [0.5, 0.6) is 0 Å². The number of carbonyl (C=O) groups is 2. The molecular weight excluding hydrogens is 392 g/mol. The molecule has 0 unspecified atom stereocenters. The van der Waals surface area contributed by atoms with Crippen molar-refractivity contribution in [3.63, 3.8) is 0 Å². The SMILES string of the molecule is O.O.O.O=C1C(O)=C(Cl)C(=O)C(O)=C1Cl.[Ba+2]. The molecule has 1 aliphatic rings. The molecule has 7 nitrogen and oxygen atoms in total. The molecule has 88 valence electrons. The van der Waals surface area contributed by atoms with E-state index in [1.165, 1.54) is 0 Å². The van der Waals surface area contributed by atoms with Crippen molar-refractivity contribution < 1.29 is 36.2 Å². The van der Waals surface area contributed by atoms with Gasteiger partial charge in [0.05, 0.1) is 0 Å². The van der Waals surface area contributed by atoms with Crippen LogP contribution in [0.25, 0.3) is 0 Å². The number of ketones is 2. The van der Waals surface area contributed by atoms with Gasteiger partial charge in [0, 0.05) is 0 Å². The second kappa shape index (κ2) is 9.48. The van der Waals surface area contributed by atoms with Gasteiger partial charge >= 0.3 is 48.9 Å². The Balaban J connectivity index is -0.000000180. The molecule has 0 saturated heterocycles. The summed E-state index contributed by atoms with van der Waals surface area (Å²) in [6.45, 7) is 0. The van der Waals surface area contributed by atoms with Crippen molar-refractivity contribution >= 4 is 83.6 Å². The summed E-state index contributed by atoms with van der Waals surface area (Å²) in [6.07, 6.45) is 0. The zero-order chi connectivity index (χ0) is 9.46. The van der Waals surface area contributed by atoms with E-state index in [4.69, 9.17) is 33.4 Å². The molecule has 0 atom stereocenters. The number of aliphatic hydroxyl groups excluding tert-OH is 2. The van der Waals surface area contributed by atoms with E-state index < -0.39 is 33.1 Å². The summed E-state index contributed by atoms with van der Waals surface area (Å²) in [7, 11) is 0. The van der Waals surface area contributed by atoms with E-state index in [1.54, 1.807) is 0 Å². The van der Waals surface area contributed by atoms with Crippen LogP contribution in [0, 0.1) is 0 Å². The average molecular weight is 400 g/mol. The Morgan fingerprint density at radius 3 is 1.12 bits per heavy atom. The van der Waals surface area contributed by atoms with Crippen LogP contribution in [0.2, 0.25) is 0 Å². The quantitative estimate of drug-likeness (QED) is 0.365. The Hall–Kier alpha value is 0.451. The maximum absolute atomic E-state index is 10.8. The number of hydrogen-bond donors (Lipinski definition) is 2. The number of rotatable bonds is 0. The first-order chi connectivity index (χ1) is 5.46. The Bertz CT molecular complexity index is 287. The van der Waals surface area contributed by atoms with Crippen LogP contribution in [-0.4, -0.2) is 87.1 Å². The Morgan fingerprint density at radius 1 is 0.750 bits per heavy atom. The maximum Gasteiger partial charge on any atom is 2.00 e. The van der Waals surface area contributed by atoms with Crippen LogP contribution in [0.15, 0.2) is 21.6 Å². The Labute approximate surface area is 140 Å². The van der Waals surface area contributed by atoms with Gasteiger partial charge in [-0.1, -0.05) is 23.2 Å². The van der Waals surface area contributed by atoms with E-state index in [2.05, 4.69) is 0 Å². The number of carbonyl (C=O) groups excluding carboxylic acids is 2. The standard InChI is InChI=1S/C6H2Cl2O4.Ba.3H2O/c7-1-3(9)5(11)2(8)6(12)4(1)10;;;;/h9,12H;;3*1H2/q;+2;;;. The minimum absolute atomic E-state index is 0. The summed E-state index contributed by atoms with van der Waals surface area (Å²) in [5, 5.41) is 16.3. The zero-order valence-electron chi connectivity index (χ0n) is 7.67. The molecule has 0 aromatic carbocycles. The Morgan fingerprint density at radius 2 is 0.938 bits per heavy atom. The maximum atomic E-state index is 10.8. The first-order valence-corrected chi connectivity index (χ1v) is 3.49. The molecule has 0 heterocycles. The van der Waals surface area contributed by atoms with Gasteiger partial charge in [0.15, 0.2) is 11.5 Å². The van der Waals surface area contributed by atoms with E-state index in [9.17, 15) is 9.59 Å². The topological polar surface area (TPSA) is 169 Å². The van der Waals surface area contributed by atoms with E-state index >= 15 is 0 Å². The fourth-order valence-corrected chi connectivity index (χ4v) is 0.973. The van der Waals surface area contributed by atoms with E-state index in [1.807, 2.05) is 0 Å². The van der Waals surface area contributed by atoms with Crippen molar-refractivity contribution in [2.24, 2.45) is 0 Å². The van der Waals surface area contributed by atoms with Gasteiger partial charge in [-0.2, -0.15) is 0 Å². The molecular formula is C6H8BaCl2O7+2. The van der Waals surface area contributed by atoms with Crippen molar-refractivity contribution in [2.45, 2.75) is 0 Å². The smallest absolute Gasteiger partial charge is 0.503 e. The van der Waals surface area contributed by atoms with Crippen LogP contribution in [0.4, 0.5) is 0 Å². The largest absolute Gasteiger partial charge is 2.00 e. The Kier molecular flexibility index (Phi) is 15.0. The number of aliphatic hydroxyl groups is 2.